The first-order valence-electron chi connectivity index (χ1n) is 7.91. The molecule has 1 atom stereocenters. The maximum atomic E-state index is 13.1. The SMILES string of the molecule is CC(OC(=O)c1ccc(S(=O)(=O)N(C)C)cc1)C(=O)Nc1cccc(F)c1. The number of nitrogens with one attached hydrogen (secondary N) is 1. The van der Waals surface area contributed by atoms with Crippen LogP contribution in [-0.2, 0) is 19.6 Å². The van der Waals surface area contributed by atoms with Crippen LogP contribution in [0.15, 0.2) is 53.4 Å². The van der Waals surface area contributed by atoms with E-state index in [1.807, 2.05) is 0 Å². The lowest BCUT2D eigenvalue weighted by atomic mass is 10.2. The van der Waals surface area contributed by atoms with E-state index in [2.05, 4.69) is 5.32 Å². The fraction of sp³-hybridized carbons (Fsp3) is 0.222. The molecule has 2 aromatic carbocycles. The van der Waals surface area contributed by atoms with Gasteiger partial charge < -0.3 is 10.1 Å². The van der Waals surface area contributed by atoms with E-state index in [9.17, 15) is 22.4 Å². The fourth-order valence-electron chi connectivity index (χ4n) is 2.07. The van der Waals surface area contributed by atoms with Gasteiger partial charge in [0.1, 0.15) is 5.82 Å². The van der Waals surface area contributed by atoms with E-state index in [4.69, 9.17) is 4.74 Å². The minimum Gasteiger partial charge on any atom is -0.449 e. The highest BCUT2D eigenvalue weighted by Crippen LogP contribution is 2.15. The van der Waals surface area contributed by atoms with Gasteiger partial charge in [0.15, 0.2) is 6.10 Å². The highest BCUT2D eigenvalue weighted by atomic mass is 32.2. The molecule has 0 saturated carbocycles. The van der Waals surface area contributed by atoms with Crippen molar-refractivity contribution in [3.63, 3.8) is 0 Å². The Bertz CT molecular complexity index is 942. The number of amides is 1. The number of anilines is 1. The van der Waals surface area contributed by atoms with Crippen LogP contribution in [0.25, 0.3) is 0 Å². The summed E-state index contributed by atoms with van der Waals surface area (Å²) >= 11 is 0. The van der Waals surface area contributed by atoms with Crippen molar-refractivity contribution >= 4 is 27.6 Å². The zero-order valence-electron chi connectivity index (χ0n) is 15.0. The molecule has 0 aliphatic heterocycles. The molecule has 2 rings (SSSR count). The number of halogens is 1. The van der Waals surface area contributed by atoms with Gasteiger partial charge in [-0.05, 0) is 49.4 Å². The molecule has 7 nitrogen and oxygen atoms in total. The van der Waals surface area contributed by atoms with Crippen molar-refractivity contribution in [2.75, 3.05) is 19.4 Å². The number of benzene rings is 2. The smallest absolute Gasteiger partial charge is 0.338 e. The van der Waals surface area contributed by atoms with Gasteiger partial charge in [0.2, 0.25) is 10.0 Å². The molecule has 0 fully saturated rings. The monoisotopic (exact) mass is 394 g/mol. The molecule has 0 spiro atoms. The molecule has 144 valence electrons. The van der Waals surface area contributed by atoms with E-state index in [0.29, 0.717) is 0 Å². The second kappa shape index (κ2) is 8.28. The summed E-state index contributed by atoms with van der Waals surface area (Å²) in [6.45, 7) is 1.37. The number of esters is 1. The Morgan fingerprint density at radius 3 is 2.30 bits per heavy atom. The van der Waals surface area contributed by atoms with Gasteiger partial charge in [0.25, 0.3) is 5.91 Å². The Morgan fingerprint density at radius 2 is 1.74 bits per heavy atom. The molecule has 0 heterocycles. The van der Waals surface area contributed by atoms with Crippen LogP contribution in [0.3, 0.4) is 0 Å². The van der Waals surface area contributed by atoms with E-state index >= 15 is 0 Å². The van der Waals surface area contributed by atoms with Crippen LogP contribution in [0.4, 0.5) is 10.1 Å². The summed E-state index contributed by atoms with van der Waals surface area (Å²) in [5.74, 6) is -1.92. The first kappa shape index (κ1) is 20.5. The number of carbonyl (C=O) groups excluding carboxylic acids is 2. The maximum absolute atomic E-state index is 13.1. The molecule has 27 heavy (non-hydrogen) atoms. The largest absolute Gasteiger partial charge is 0.449 e. The van der Waals surface area contributed by atoms with E-state index in [1.165, 1.54) is 63.5 Å². The first-order valence-corrected chi connectivity index (χ1v) is 9.35. The molecule has 0 radical (unpaired) electrons. The van der Waals surface area contributed by atoms with E-state index in [0.717, 1.165) is 10.4 Å². The lowest BCUT2D eigenvalue weighted by Gasteiger charge is -2.14. The number of rotatable bonds is 6. The quantitative estimate of drug-likeness (QED) is 0.759. The van der Waals surface area contributed by atoms with Gasteiger partial charge in [-0.15, -0.1) is 0 Å². The van der Waals surface area contributed by atoms with Crippen molar-refractivity contribution in [2.45, 2.75) is 17.9 Å². The Morgan fingerprint density at radius 1 is 1.11 bits per heavy atom. The maximum Gasteiger partial charge on any atom is 0.338 e. The molecular weight excluding hydrogens is 375 g/mol. The minimum absolute atomic E-state index is 0.0287. The summed E-state index contributed by atoms with van der Waals surface area (Å²) in [6, 6.07) is 10.5. The number of hydrogen-bond acceptors (Lipinski definition) is 5. The van der Waals surface area contributed by atoms with Crippen LogP contribution in [0, 0.1) is 5.82 Å². The molecule has 2 aromatic rings. The molecule has 1 unspecified atom stereocenters. The number of nitrogens with zero attached hydrogens (tertiary/aromatic N) is 1. The van der Waals surface area contributed by atoms with Crippen LogP contribution in [0.2, 0.25) is 0 Å². The van der Waals surface area contributed by atoms with E-state index < -0.39 is 33.8 Å². The molecular formula is C18H19FN2O5S. The normalized spacial score (nSPS) is 12.5. The zero-order valence-corrected chi connectivity index (χ0v) is 15.8. The number of carbonyl (C=O) groups is 2. The standard InChI is InChI=1S/C18H19FN2O5S/c1-12(17(22)20-15-6-4-5-14(19)11-15)26-18(23)13-7-9-16(10-8-13)27(24,25)21(2)3/h4-12H,1-3H3,(H,20,22). The summed E-state index contributed by atoms with van der Waals surface area (Å²) in [5, 5.41) is 2.44. The van der Waals surface area contributed by atoms with Gasteiger partial charge in [-0.1, -0.05) is 6.07 Å². The van der Waals surface area contributed by atoms with Crippen LogP contribution < -0.4 is 5.32 Å². The van der Waals surface area contributed by atoms with Crippen molar-refractivity contribution in [2.24, 2.45) is 0 Å². The molecule has 0 aliphatic rings. The van der Waals surface area contributed by atoms with Gasteiger partial charge >= 0.3 is 5.97 Å². The Labute approximate surface area is 156 Å². The topological polar surface area (TPSA) is 92.8 Å². The molecule has 9 heteroatoms. The van der Waals surface area contributed by atoms with E-state index in [1.54, 1.807) is 0 Å². The predicted octanol–water partition coefficient (Wildman–Crippen LogP) is 2.26. The average Bonchev–Trinajstić information content (AvgIpc) is 2.61. The third-order valence-electron chi connectivity index (χ3n) is 3.61. The predicted molar refractivity (Wildman–Crippen MR) is 97.2 cm³/mol. The van der Waals surface area contributed by atoms with Crippen LogP contribution >= 0.6 is 0 Å². The molecule has 0 bridgehead atoms. The second-order valence-electron chi connectivity index (χ2n) is 5.86. The van der Waals surface area contributed by atoms with Crippen molar-refractivity contribution in [1.29, 1.82) is 0 Å². The van der Waals surface area contributed by atoms with Crippen molar-refractivity contribution in [3.05, 3.63) is 59.9 Å². The van der Waals surface area contributed by atoms with Crippen LogP contribution in [-0.4, -0.2) is 44.8 Å². The van der Waals surface area contributed by atoms with Crippen LogP contribution in [0.5, 0.6) is 0 Å². The first-order chi connectivity index (χ1) is 12.6. The number of sulfonamides is 1. The zero-order chi connectivity index (χ0) is 20.2. The third-order valence-corrected chi connectivity index (χ3v) is 5.44. The molecule has 0 aromatic heterocycles. The van der Waals surface area contributed by atoms with Gasteiger partial charge in [0, 0.05) is 19.8 Å². The minimum atomic E-state index is -3.61. The third kappa shape index (κ3) is 5.11. The summed E-state index contributed by atoms with van der Waals surface area (Å²) in [4.78, 5) is 24.2. The molecule has 1 amide bonds. The van der Waals surface area contributed by atoms with Gasteiger partial charge in [-0.25, -0.2) is 21.9 Å². The Balaban J connectivity index is 2.02. The second-order valence-corrected chi connectivity index (χ2v) is 8.01. The van der Waals surface area contributed by atoms with Crippen LogP contribution in [0.1, 0.15) is 17.3 Å². The van der Waals surface area contributed by atoms with Crippen molar-refractivity contribution in [1.82, 2.24) is 4.31 Å². The Hall–Kier alpha value is -2.78. The fourth-order valence-corrected chi connectivity index (χ4v) is 2.97. The highest BCUT2D eigenvalue weighted by Gasteiger charge is 2.21. The van der Waals surface area contributed by atoms with Gasteiger partial charge in [-0.3, -0.25) is 4.79 Å². The summed E-state index contributed by atoms with van der Waals surface area (Å²) in [7, 11) is -0.809. The van der Waals surface area contributed by atoms with Gasteiger partial charge in [-0.2, -0.15) is 0 Å². The van der Waals surface area contributed by atoms with E-state index in [-0.39, 0.29) is 16.1 Å². The lowest BCUT2D eigenvalue weighted by Crippen LogP contribution is -2.30. The Kier molecular flexibility index (Phi) is 6.29. The van der Waals surface area contributed by atoms with Crippen molar-refractivity contribution < 1.29 is 27.1 Å². The lowest BCUT2D eigenvalue weighted by molar-refractivity contribution is -0.123. The summed E-state index contributed by atoms with van der Waals surface area (Å²) in [5.41, 5.74) is 0.333. The molecule has 0 aliphatic carbocycles. The molecule has 1 N–H and O–H groups in total. The number of ether oxygens (including phenoxy) is 1. The van der Waals surface area contributed by atoms with Gasteiger partial charge in [0.05, 0.1) is 10.5 Å². The average molecular weight is 394 g/mol. The number of hydrogen-bond donors (Lipinski definition) is 1. The van der Waals surface area contributed by atoms with Crippen molar-refractivity contribution in [3.8, 4) is 0 Å². The summed E-state index contributed by atoms with van der Waals surface area (Å²) in [6.07, 6.45) is -1.13. The molecule has 0 saturated heterocycles. The summed E-state index contributed by atoms with van der Waals surface area (Å²) < 4.78 is 43.3. The highest BCUT2D eigenvalue weighted by molar-refractivity contribution is 7.89.